The minimum Gasteiger partial charge on any atom is -0.365 e. The number of amides is 1. The number of hydrogen-bond donors (Lipinski definition) is 1. The molecule has 1 aliphatic rings. The molecule has 13 heavy (non-hydrogen) atoms. The molecule has 1 rings (SSSR count). The quantitative estimate of drug-likeness (QED) is 0.671. The van der Waals surface area contributed by atoms with Gasteiger partial charge in [-0.05, 0) is 6.42 Å². The van der Waals surface area contributed by atoms with Gasteiger partial charge in [0.1, 0.15) is 6.61 Å². The first-order chi connectivity index (χ1) is 6.27. The van der Waals surface area contributed by atoms with Crippen molar-refractivity contribution in [1.82, 2.24) is 4.90 Å². The van der Waals surface area contributed by atoms with E-state index < -0.39 is 0 Å². The zero-order chi connectivity index (χ0) is 9.68. The van der Waals surface area contributed by atoms with Gasteiger partial charge in [0, 0.05) is 19.6 Å². The van der Waals surface area contributed by atoms with E-state index in [-0.39, 0.29) is 18.6 Å². The minimum absolute atomic E-state index is 0.0366. The number of hydrogen-bond acceptors (Lipinski definition) is 3. The summed E-state index contributed by atoms with van der Waals surface area (Å²) >= 11 is 0. The molecule has 0 unspecified atom stereocenters. The first-order valence-corrected chi connectivity index (χ1v) is 4.87. The van der Waals surface area contributed by atoms with Gasteiger partial charge < -0.3 is 15.4 Å². The summed E-state index contributed by atoms with van der Waals surface area (Å²) < 4.78 is 5.23. The SMILES string of the molecule is CCCCN1C[C@H](CN)OCC1=O. The zero-order valence-electron chi connectivity index (χ0n) is 8.16. The van der Waals surface area contributed by atoms with Crippen LogP contribution in [0.4, 0.5) is 0 Å². The second-order valence-electron chi connectivity index (χ2n) is 3.36. The fourth-order valence-electron chi connectivity index (χ4n) is 1.39. The lowest BCUT2D eigenvalue weighted by Gasteiger charge is -2.32. The van der Waals surface area contributed by atoms with Crippen molar-refractivity contribution in [3.63, 3.8) is 0 Å². The Balaban J connectivity index is 2.36. The normalized spacial score (nSPS) is 23.7. The molecule has 1 heterocycles. The molecule has 1 saturated heterocycles. The molecule has 0 spiro atoms. The number of unbranched alkanes of at least 4 members (excludes halogenated alkanes) is 1. The highest BCUT2D eigenvalue weighted by molar-refractivity contribution is 5.78. The number of carbonyl (C=O) groups excluding carboxylic acids is 1. The standard InChI is InChI=1S/C9H18N2O2/c1-2-3-4-11-6-8(5-10)13-7-9(11)12/h8H,2-7,10H2,1H3/t8-/m0/s1. The van der Waals surface area contributed by atoms with Crippen LogP contribution in [0.15, 0.2) is 0 Å². The van der Waals surface area contributed by atoms with Crippen LogP contribution in [-0.4, -0.2) is 43.2 Å². The van der Waals surface area contributed by atoms with Gasteiger partial charge >= 0.3 is 0 Å². The largest absolute Gasteiger partial charge is 0.365 e. The molecule has 2 N–H and O–H groups in total. The van der Waals surface area contributed by atoms with Crippen LogP contribution in [0.2, 0.25) is 0 Å². The third-order valence-corrected chi connectivity index (χ3v) is 2.26. The highest BCUT2D eigenvalue weighted by atomic mass is 16.5. The van der Waals surface area contributed by atoms with Crippen LogP contribution in [0.5, 0.6) is 0 Å². The number of carbonyl (C=O) groups is 1. The maximum atomic E-state index is 11.3. The van der Waals surface area contributed by atoms with E-state index in [2.05, 4.69) is 6.92 Å². The van der Waals surface area contributed by atoms with Crippen LogP contribution in [0, 0.1) is 0 Å². The van der Waals surface area contributed by atoms with E-state index in [0.29, 0.717) is 13.1 Å². The van der Waals surface area contributed by atoms with E-state index in [9.17, 15) is 4.79 Å². The number of nitrogens with zero attached hydrogens (tertiary/aromatic N) is 1. The molecule has 76 valence electrons. The van der Waals surface area contributed by atoms with Crippen LogP contribution in [-0.2, 0) is 9.53 Å². The number of ether oxygens (including phenoxy) is 1. The molecule has 0 aromatic heterocycles. The summed E-state index contributed by atoms with van der Waals surface area (Å²) in [5.74, 6) is 0.0955. The number of rotatable bonds is 4. The molecule has 1 aliphatic heterocycles. The monoisotopic (exact) mass is 186 g/mol. The number of nitrogens with two attached hydrogens (primary N) is 1. The zero-order valence-corrected chi connectivity index (χ0v) is 8.16. The summed E-state index contributed by atoms with van der Waals surface area (Å²) in [6, 6.07) is 0. The Bertz CT molecular complexity index is 173. The van der Waals surface area contributed by atoms with Gasteiger partial charge in [-0.25, -0.2) is 0 Å². The molecule has 1 fully saturated rings. The number of morpholine rings is 1. The maximum Gasteiger partial charge on any atom is 0.248 e. The highest BCUT2D eigenvalue weighted by Gasteiger charge is 2.24. The summed E-state index contributed by atoms with van der Waals surface area (Å²) in [5.41, 5.74) is 5.48. The Morgan fingerprint density at radius 1 is 1.69 bits per heavy atom. The minimum atomic E-state index is 0.0366. The molecule has 0 aliphatic carbocycles. The Hall–Kier alpha value is -0.610. The van der Waals surface area contributed by atoms with Crippen LogP contribution in [0.25, 0.3) is 0 Å². The van der Waals surface area contributed by atoms with E-state index >= 15 is 0 Å². The van der Waals surface area contributed by atoms with Gasteiger partial charge in [-0.15, -0.1) is 0 Å². The molecule has 4 heteroatoms. The molecule has 0 radical (unpaired) electrons. The van der Waals surface area contributed by atoms with Crippen LogP contribution >= 0.6 is 0 Å². The van der Waals surface area contributed by atoms with Gasteiger partial charge in [0.2, 0.25) is 5.91 Å². The van der Waals surface area contributed by atoms with E-state index in [1.807, 2.05) is 4.90 Å². The summed E-state index contributed by atoms with van der Waals surface area (Å²) in [6.45, 7) is 4.32. The summed E-state index contributed by atoms with van der Waals surface area (Å²) in [6.07, 6.45) is 2.20. The molecule has 1 amide bonds. The summed E-state index contributed by atoms with van der Waals surface area (Å²) in [7, 11) is 0. The summed E-state index contributed by atoms with van der Waals surface area (Å²) in [4.78, 5) is 13.2. The molecule has 1 atom stereocenters. The van der Waals surface area contributed by atoms with Gasteiger partial charge in [-0.2, -0.15) is 0 Å². The van der Waals surface area contributed by atoms with E-state index in [1.165, 1.54) is 0 Å². The molecular formula is C9H18N2O2. The van der Waals surface area contributed by atoms with Crippen molar-refractivity contribution in [2.45, 2.75) is 25.9 Å². The Morgan fingerprint density at radius 3 is 3.08 bits per heavy atom. The van der Waals surface area contributed by atoms with Gasteiger partial charge in [0.05, 0.1) is 6.10 Å². The van der Waals surface area contributed by atoms with Crippen molar-refractivity contribution < 1.29 is 9.53 Å². The average Bonchev–Trinajstić information content (AvgIpc) is 2.17. The fourth-order valence-corrected chi connectivity index (χ4v) is 1.39. The lowest BCUT2D eigenvalue weighted by molar-refractivity contribution is -0.148. The van der Waals surface area contributed by atoms with Crippen LogP contribution in [0.1, 0.15) is 19.8 Å². The third kappa shape index (κ3) is 2.97. The smallest absolute Gasteiger partial charge is 0.248 e. The maximum absolute atomic E-state index is 11.3. The Kier molecular flexibility index (Phi) is 4.18. The second kappa shape index (κ2) is 5.19. The molecule has 0 bridgehead atoms. The van der Waals surface area contributed by atoms with Crippen molar-refractivity contribution in [3.8, 4) is 0 Å². The molecular weight excluding hydrogens is 168 g/mol. The van der Waals surface area contributed by atoms with Crippen LogP contribution in [0.3, 0.4) is 0 Å². The molecule has 0 saturated carbocycles. The van der Waals surface area contributed by atoms with E-state index in [0.717, 1.165) is 19.4 Å². The van der Waals surface area contributed by atoms with Gasteiger partial charge in [-0.1, -0.05) is 13.3 Å². The third-order valence-electron chi connectivity index (χ3n) is 2.26. The first-order valence-electron chi connectivity index (χ1n) is 4.87. The lowest BCUT2D eigenvalue weighted by atomic mass is 10.2. The molecule has 4 nitrogen and oxygen atoms in total. The van der Waals surface area contributed by atoms with Crippen molar-refractivity contribution in [3.05, 3.63) is 0 Å². The van der Waals surface area contributed by atoms with Crippen molar-refractivity contribution >= 4 is 5.91 Å². The highest BCUT2D eigenvalue weighted by Crippen LogP contribution is 2.06. The Morgan fingerprint density at radius 2 is 2.46 bits per heavy atom. The Labute approximate surface area is 79.0 Å². The summed E-state index contributed by atoms with van der Waals surface area (Å²) in [5, 5.41) is 0. The van der Waals surface area contributed by atoms with Crippen molar-refractivity contribution in [1.29, 1.82) is 0 Å². The van der Waals surface area contributed by atoms with E-state index in [4.69, 9.17) is 10.5 Å². The second-order valence-corrected chi connectivity index (χ2v) is 3.36. The van der Waals surface area contributed by atoms with E-state index in [1.54, 1.807) is 0 Å². The average molecular weight is 186 g/mol. The predicted molar refractivity (Wildman–Crippen MR) is 50.3 cm³/mol. The van der Waals surface area contributed by atoms with Crippen LogP contribution < -0.4 is 5.73 Å². The van der Waals surface area contributed by atoms with Gasteiger partial charge in [-0.3, -0.25) is 4.79 Å². The first kappa shape index (κ1) is 10.5. The fraction of sp³-hybridized carbons (Fsp3) is 0.889. The topological polar surface area (TPSA) is 55.6 Å². The predicted octanol–water partition coefficient (Wildman–Crippen LogP) is -0.0274. The molecule has 0 aromatic carbocycles. The van der Waals surface area contributed by atoms with Crippen molar-refractivity contribution in [2.24, 2.45) is 5.73 Å². The van der Waals surface area contributed by atoms with Gasteiger partial charge in [0.25, 0.3) is 0 Å². The molecule has 0 aromatic rings. The van der Waals surface area contributed by atoms with Gasteiger partial charge in [0.15, 0.2) is 0 Å². The lowest BCUT2D eigenvalue weighted by Crippen LogP contribution is -2.49. The van der Waals surface area contributed by atoms with Crippen molar-refractivity contribution in [2.75, 3.05) is 26.2 Å².